The van der Waals surface area contributed by atoms with Crippen molar-refractivity contribution >= 4 is 46.2 Å². The number of amides is 2. The van der Waals surface area contributed by atoms with Gasteiger partial charge in [-0.05, 0) is 99.1 Å². The van der Waals surface area contributed by atoms with Gasteiger partial charge in [0.05, 0.1) is 51.8 Å². The molecule has 82 heavy (non-hydrogen) atoms. The van der Waals surface area contributed by atoms with Gasteiger partial charge >= 0.3 is 0 Å². The van der Waals surface area contributed by atoms with Crippen molar-refractivity contribution in [2.75, 3.05) is 72.8 Å². The molecule has 12 rings (SSSR count). The van der Waals surface area contributed by atoms with E-state index < -0.39 is 18.1 Å². The normalized spacial score (nSPS) is 24.2. The molecule has 5 aliphatic heterocycles. The first-order valence-electron chi connectivity index (χ1n) is 29.8. The second-order valence-corrected chi connectivity index (χ2v) is 24.9. The number of aliphatic hydroxyl groups excluding tert-OH is 1. The lowest BCUT2D eigenvalue weighted by Gasteiger charge is -2.43. The van der Waals surface area contributed by atoms with E-state index in [1.165, 1.54) is 0 Å². The van der Waals surface area contributed by atoms with E-state index in [1.54, 1.807) is 28.4 Å². The van der Waals surface area contributed by atoms with Crippen molar-refractivity contribution in [3.63, 3.8) is 0 Å². The Labute approximate surface area is 484 Å². The van der Waals surface area contributed by atoms with Crippen molar-refractivity contribution < 1.29 is 33.8 Å². The number of nitrogens with one attached hydrogen (secondary N) is 1. The molecule has 6 atom stereocenters. The van der Waals surface area contributed by atoms with Crippen LogP contribution in [0.3, 0.4) is 0 Å². The lowest BCUT2D eigenvalue weighted by atomic mass is 9.91. The summed E-state index contributed by atoms with van der Waals surface area (Å²) in [6.07, 6.45) is 10.5. The van der Waals surface area contributed by atoms with Gasteiger partial charge in [0.25, 0.3) is 0 Å². The standard InChI is InChI=1S/C62H78N12O7S/c1-5-50(40-10-12-41(13-11-40)59-38(4)65-36-82-59)66-61(77)53-27-45(75)35-73(53)62(78)58(37(2)3)55-31-56(69-81-55)71-24-17-39(18-25-71)32-70-22-19-46(20-23-70)79-47-28-48(29-47)80-57-26-42(16-21-64-57)74-43-14-15-44(74)34-72(33-43)52-30-51(67-68-60(52)63)49-8-6-7-9-54(49)76/h6-13,16,21,26,30-31,36-37,39,43-48,50,53,58,75-76H,5,14-15,17-20,22-25,27-29,32-35H2,1-4H3,(H2,63,68)(H,66,77)/t43-,44?,45-,47?,48?,50-,53+,58-/m1/s1. The third-order valence-electron chi connectivity index (χ3n) is 18.2. The van der Waals surface area contributed by atoms with Gasteiger partial charge in [-0.3, -0.25) is 9.59 Å². The number of phenolic OH excluding ortho intramolecular Hbond substituents is 1. The van der Waals surface area contributed by atoms with E-state index in [9.17, 15) is 19.8 Å². The maximum Gasteiger partial charge on any atom is 0.243 e. The summed E-state index contributed by atoms with van der Waals surface area (Å²) in [6.45, 7) is 14.6. The van der Waals surface area contributed by atoms with E-state index in [-0.39, 0.29) is 60.8 Å². The lowest BCUT2D eigenvalue weighted by Crippen LogP contribution is -2.54. The van der Waals surface area contributed by atoms with Gasteiger partial charge in [0.15, 0.2) is 17.4 Å². The number of piperazine rings is 1. The molecule has 20 heteroatoms. The van der Waals surface area contributed by atoms with Gasteiger partial charge in [0.1, 0.15) is 23.8 Å². The zero-order valence-electron chi connectivity index (χ0n) is 47.6. The number of hydrogen-bond acceptors (Lipinski definition) is 18. The molecule has 2 bridgehead atoms. The molecule has 434 valence electrons. The number of hydrogen-bond donors (Lipinski definition) is 4. The molecule has 0 radical (unpaired) electrons. The van der Waals surface area contributed by atoms with Crippen molar-refractivity contribution in [2.45, 2.75) is 146 Å². The largest absolute Gasteiger partial charge is 0.507 e. The van der Waals surface area contributed by atoms with Crippen LogP contribution in [0.1, 0.15) is 114 Å². The molecule has 1 unspecified atom stereocenters. The molecule has 2 amide bonds. The number of anilines is 4. The van der Waals surface area contributed by atoms with Crippen molar-refractivity contribution in [3.05, 3.63) is 102 Å². The molecule has 5 N–H and O–H groups in total. The SMILES string of the molecule is CC[C@@H](NC(=O)[C@@H]1C[C@@H](O)CN1C(=O)[C@@H](c1cc(N2CCC(CN3CCC(OC4CC(Oc5cc(N6C7CC[C@@H]6CN(c6cc(-c8ccccc8O)nnc6N)C7)ccn5)C4)CC3)CC2)no1)C(C)C)c1ccc(-c2scnc2C)cc1. The van der Waals surface area contributed by atoms with Crippen LogP contribution in [0, 0.1) is 18.8 Å². The van der Waals surface area contributed by atoms with E-state index >= 15 is 0 Å². The molecular formula is C62H78N12O7S. The van der Waals surface area contributed by atoms with Crippen LogP contribution in [0.5, 0.6) is 11.6 Å². The van der Waals surface area contributed by atoms with Crippen molar-refractivity contribution in [1.82, 2.24) is 40.4 Å². The lowest BCUT2D eigenvalue weighted by molar-refractivity contribution is -0.141. The number of phenols is 1. The third-order valence-corrected chi connectivity index (χ3v) is 19.2. The molecule has 6 aliphatic rings. The van der Waals surface area contributed by atoms with Crippen molar-refractivity contribution in [1.29, 1.82) is 0 Å². The van der Waals surface area contributed by atoms with Gasteiger partial charge in [-0.15, -0.1) is 21.5 Å². The number of nitrogens with zero attached hydrogens (tertiary/aromatic N) is 10. The number of aryl methyl sites for hydroxylation is 1. The Bertz CT molecular complexity index is 3160. The number of nitrogens with two attached hydrogens (primary N) is 1. The van der Waals surface area contributed by atoms with Crippen molar-refractivity contribution in [2.24, 2.45) is 11.8 Å². The highest BCUT2D eigenvalue weighted by molar-refractivity contribution is 7.13. The summed E-state index contributed by atoms with van der Waals surface area (Å²) in [6, 6.07) is 23.0. The van der Waals surface area contributed by atoms with Crippen LogP contribution in [0.25, 0.3) is 21.7 Å². The van der Waals surface area contributed by atoms with Gasteiger partial charge in [-0.1, -0.05) is 62.3 Å². The number of carbonyl (C=O) groups excluding carboxylic acids is 2. The Kier molecular flexibility index (Phi) is 16.4. The molecule has 5 saturated heterocycles. The monoisotopic (exact) mass is 1130 g/mol. The number of rotatable bonds is 18. The zero-order chi connectivity index (χ0) is 56.6. The Morgan fingerprint density at radius 3 is 2.32 bits per heavy atom. The van der Waals surface area contributed by atoms with E-state index in [2.05, 4.69) is 74.5 Å². The number of thiazole rings is 1. The Morgan fingerprint density at radius 2 is 1.61 bits per heavy atom. The minimum Gasteiger partial charge on any atom is -0.507 e. The van der Waals surface area contributed by atoms with Crippen LogP contribution < -0.4 is 30.5 Å². The van der Waals surface area contributed by atoms with Crippen LogP contribution in [0.4, 0.5) is 23.0 Å². The number of pyridine rings is 1. The minimum atomic E-state index is -0.803. The fraction of sp³-hybridized carbons (Fsp3) is 0.532. The molecular weight excluding hydrogens is 1060 g/mol. The smallest absolute Gasteiger partial charge is 0.243 e. The van der Waals surface area contributed by atoms with Gasteiger partial charge in [-0.25, -0.2) is 9.97 Å². The van der Waals surface area contributed by atoms with Gasteiger partial charge in [0.2, 0.25) is 17.7 Å². The number of ether oxygens (including phenoxy) is 2. The first-order chi connectivity index (χ1) is 39.8. The van der Waals surface area contributed by atoms with Crippen LogP contribution in [-0.2, 0) is 14.3 Å². The fourth-order valence-corrected chi connectivity index (χ4v) is 14.5. The number of β-amino-alcohol motifs (C(OH)–C–C–N with tert-alkyl or cyclic N) is 1. The summed E-state index contributed by atoms with van der Waals surface area (Å²) < 4.78 is 19.1. The number of benzene rings is 2. The third kappa shape index (κ3) is 11.9. The first-order valence-corrected chi connectivity index (χ1v) is 30.7. The Hall–Kier alpha value is -6.87. The van der Waals surface area contributed by atoms with Crippen LogP contribution in [0.15, 0.2) is 89.0 Å². The number of para-hydroxylation sites is 1. The van der Waals surface area contributed by atoms with E-state index in [1.807, 2.05) is 75.8 Å². The molecule has 4 aromatic heterocycles. The minimum absolute atomic E-state index is 0.0859. The highest BCUT2D eigenvalue weighted by Gasteiger charge is 2.45. The number of aliphatic hydroxyl groups is 1. The molecule has 9 heterocycles. The Balaban J connectivity index is 0.567. The average molecular weight is 1140 g/mol. The van der Waals surface area contributed by atoms with Crippen LogP contribution in [-0.4, -0.2) is 152 Å². The summed E-state index contributed by atoms with van der Waals surface area (Å²) in [7, 11) is 0. The number of nitrogen functional groups attached to an aromatic ring is 1. The summed E-state index contributed by atoms with van der Waals surface area (Å²) >= 11 is 1.61. The van der Waals surface area contributed by atoms with Crippen molar-refractivity contribution in [3.8, 4) is 33.3 Å². The molecule has 1 saturated carbocycles. The molecule has 6 fully saturated rings. The number of aromatic nitrogens is 5. The molecule has 1 aliphatic carbocycles. The zero-order valence-corrected chi connectivity index (χ0v) is 48.4. The fourth-order valence-electron chi connectivity index (χ4n) is 13.6. The van der Waals surface area contributed by atoms with Gasteiger partial charge < -0.3 is 59.8 Å². The number of carbonyl (C=O) groups is 2. The molecule has 0 spiro atoms. The number of piperidine rings is 2. The average Bonchev–Trinajstić information content (AvgIpc) is 4.40. The number of likely N-dealkylation sites (tertiary alicyclic amines) is 2. The van der Waals surface area contributed by atoms with E-state index in [0.29, 0.717) is 53.1 Å². The summed E-state index contributed by atoms with van der Waals surface area (Å²) in [5.41, 5.74) is 14.5. The highest BCUT2D eigenvalue weighted by Crippen LogP contribution is 2.41. The maximum absolute atomic E-state index is 14.5. The van der Waals surface area contributed by atoms with E-state index in [0.717, 1.165) is 136 Å². The predicted molar refractivity (Wildman–Crippen MR) is 316 cm³/mol. The summed E-state index contributed by atoms with van der Waals surface area (Å²) in [5.74, 6) is 1.74. The van der Waals surface area contributed by atoms with Crippen LogP contribution >= 0.6 is 11.3 Å². The maximum atomic E-state index is 14.5. The summed E-state index contributed by atoms with van der Waals surface area (Å²) in [4.78, 5) is 49.9. The molecule has 19 nitrogen and oxygen atoms in total. The first kappa shape index (κ1) is 55.7. The van der Waals surface area contributed by atoms with Gasteiger partial charge in [0, 0.05) is 113 Å². The van der Waals surface area contributed by atoms with Gasteiger partial charge in [-0.2, -0.15) is 0 Å². The quantitative estimate of drug-likeness (QED) is 0.0634. The Morgan fingerprint density at radius 1 is 0.854 bits per heavy atom. The second kappa shape index (κ2) is 24.1. The predicted octanol–water partition coefficient (Wildman–Crippen LogP) is 8.38. The highest BCUT2D eigenvalue weighted by atomic mass is 32.1. The number of aromatic hydroxyl groups is 1. The second-order valence-electron chi connectivity index (χ2n) is 24.0. The van der Waals surface area contributed by atoms with E-state index in [4.69, 9.17) is 19.7 Å². The topological polar surface area (TPSA) is 225 Å². The molecule has 2 aromatic carbocycles. The summed E-state index contributed by atoms with van der Waals surface area (Å²) in [5, 5.41) is 37.6. The molecule has 6 aromatic rings. The number of fused-ring (bicyclic) bond motifs is 2. The van der Waals surface area contributed by atoms with Crippen LogP contribution in [0.2, 0.25) is 0 Å².